The average Bonchev–Trinajstić information content (AvgIpc) is 2.99. The molecule has 1 aromatic carbocycles. The number of aromatic nitrogens is 1. The molecule has 1 aromatic heterocycles. The zero-order valence-electron chi connectivity index (χ0n) is 14.6. The lowest BCUT2D eigenvalue weighted by atomic mass is 10.0. The Hall–Kier alpha value is -2.25. The molecule has 6 nitrogen and oxygen atoms in total. The van der Waals surface area contributed by atoms with E-state index in [1.165, 1.54) is 11.3 Å². The van der Waals surface area contributed by atoms with Gasteiger partial charge in [0.15, 0.2) is 5.13 Å². The summed E-state index contributed by atoms with van der Waals surface area (Å²) >= 11 is 1.42. The first kappa shape index (κ1) is 19.1. The maximum atomic E-state index is 12.3. The van der Waals surface area contributed by atoms with Gasteiger partial charge in [0, 0.05) is 28.7 Å². The topological polar surface area (TPSA) is 97.1 Å². The van der Waals surface area contributed by atoms with Crippen LogP contribution in [0, 0.1) is 13.8 Å². The lowest BCUT2D eigenvalue weighted by Gasteiger charge is -2.09. The molecule has 0 unspecified atom stereocenters. The minimum atomic E-state index is -0.222. The van der Waals surface area contributed by atoms with Gasteiger partial charge in [-0.15, -0.1) is 11.3 Å². The van der Waals surface area contributed by atoms with E-state index >= 15 is 0 Å². The second-order valence-corrected chi connectivity index (χ2v) is 7.10. The molecular formula is C18H24N4O2S. The molecule has 1 heterocycles. The minimum Gasteiger partial charge on any atom is -0.352 e. The third-order valence-corrected chi connectivity index (χ3v) is 4.57. The van der Waals surface area contributed by atoms with Crippen LogP contribution >= 0.6 is 11.3 Å². The molecule has 0 spiro atoms. The first-order valence-electron chi connectivity index (χ1n) is 8.34. The molecule has 0 aliphatic heterocycles. The normalized spacial score (nSPS) is 10.5. The quantitative estimate of drug-likeness (QED) is 0.631. The number of hydrogen-bond donors (Lipinski definition) is 3. The molecule has 0 saturated heterocycles. The molecule has 0 aliphatic rings. The van der Waals surface area contributed by atoms with Gasteiger partial charge in [-0.1, -0.05) is 6.42 Å². The predicted octanol–water partition coefficient (Wildman–Crippen LogP) is 2.87. The number of rotatable bonds is 8. The lowest BCUT2D eigenvalue weighted by molar-refractivity contribution is 0.0951. The first-order chi connectivity index (χ1) is 12.0. The van der Waals surface area contributed by atoms with Crippen LogP contribution in [-0.4, -0.2) is 29.9 Å². The number of thiazole rings is 1. The highest BCUT2D eigenvalue weighted by Gasteiger charge is 2.13. The van der Waals surface area contributed by atoms with Crippen molar-refractivity contribution in [1.29, 1.82) is 0 Å². The summed E-state index contributed by atoms with van der Waals surface area (Å²) in [4.78, 5) is 29.7. The van der Waals surface area contributed by atoms with Crippen molar-refractivity contribution < 1.29 is 9.59 Å². The van der Waals surface area contributed by atoms with Crippen molar-refractivity contribution >= 4 is 28.3 Å². The van der Waals surface area contributed by atoms with Crippen LogP contribution in [0.3, 0.4) is 0 Å². The zero-order valence-corrected chi connectivity index (χ0v) is 15.4. The summed E-state index contributed by atoms with van der Waals surface area (Å²) in [6.45, 7) is 5.06. The Balaban J connectivity index is 1.95. The van der Waals surface area contributed by atoms with E-state index in [0.29, 0.717) is 29.3 Å². The molecule has 25 heavy (non-hydrogen) atoms. The summed E-state index contributed by atoms with van der Waals surface area (Å²) in [7, 11) is 0. The number of anilines is 1. The van der Waals surface area contributed by atoms with Crippen LogP contribution in [0.2, 0.25) is 0 Å². The van der Waals surface area contributed by atoms with Gasteiger partial charge in [0.05, 0.1) is 0 Å². The fourth-order valence-electron chi connectivity index (χ4n) is 2.39. The van der Waals surface area contributed by atoms with Crippen molar-refractivity contribution in [1.82, 2.24) is 10.3 Å². The third-order valence-electron chi connectivity index (χ3n) is 3.74. The van der Waals surface area contributed by atoms with Gasteiger partial charge in [0.1, 0.15) is 0 Å². The van der Waals surface area contributed by atoms with Gasteiger partial charge in [-0.05, 0) is 57.0 Å². The number of amides is 2. The Kier molecular flexibility index (Phi) is 7.09. The van der Waals surface area contributed by atoms with Crippen molar-refractivity contribution in [2.75, 3.05) is 18.4 Å². The number of nitrogens with two attached hydrogens (primary N) is 1. The fourth-order valence-corrected chi connectivity index (χ4v) is 3.05. The maximum Gasteiger partial charge on any atom is 0.257 e. The molecule has 0 saturated carbocycles. The standard InChI is InChI=1S/C18H24N4O2S/c1-12-10-14(16(23)20-9-5-3-4-8-19)6-7-15(12)17(24)22-18-21-11-13(2)25-18/h6-7,10-11H,3-5,8-9,19H2,1-2H3,(H,20,23)(H,21,22,24). The monoisotopic (exact) mass is 360 g/mol. The second-order valence-electron chi connectivity index (χ2n) is 5.87. The predicted molar refractivity (Wildman–Crippen MR) is 101 cm³/mol. The van der Waals surface area contributed by atoms with E-state index in [4.69, 9.17) is 5.73 Å². The summed E-state index contributed by atoms with van der Waals surface area (Å²) in [5.41, 5.74) is 7.28. The van der Waals surface area contributed by atoms with E-state index < -0.39 is 0 Å². The van der Waals surface area contributed by atoms with Gasteiger partial charge in [0.2, 0.25) is 0 Å². The Morgan fingerprint density at radius 3 is 2.60 bits per heavy atom. The van der Waals surface area contributed by atoms with Crippen LogP contribution in [0.1, 0.15) is 50.4 Å². The Morgan fingerprint density at radius 2 is 1.96 bits per heavy atom. The molecule has 0 atom stereocenters. The molecule has 4 N–H and O–H groups in total. The van der Waals surface area contributed by atoms with E-state index in [1.807, 2.05) is 13.8 Å². The van der Waals surface area contributed by atoms with Crippen LogP contribution in [0.5, 0.6) is 0 Å². The summed E-state index contributed by atoms with van der Waals surface area (Å²) in [6, 6.07) is 5.08. The number of aryl methyl sites for hydroxylation is 2. The van der Waals surface area contributed by atoms with Crippen LogP contribution in [0.25, 0.3) is 0 Å². The summed E-state index contributed by atoms with van der Waals surface area (Å²) < 4.78 is 0. The van der Waals surface area contributed by atoms with Gasteiger partial charge >= 0.3 is 0 Å². The maximum absolute atomic E-state index is 12.3. The Bertz CT molecular complexity index is 742. The van der Waals surface area contributed by atoms with E-state index in [9.17, 15) is 9.59 Å². The summed E-state index contributed by atoms with van der Waals surface area (Å²) in [5.74, 6) is -0.348. The average molecular weight is 360 g/mol. The van der Waals surface area contributed by atoms with E-state index in [0.717, 1.165) is 29.7 Å². The summed E-state index contributed by atoms with van der Waals surface area (Å²) in [6.07, 6.45) is 4.60. The number of benzene rings is 1. The molecule has 0 radical (unpaired) electrons. The molecule has 0 fully saturated rings. The summed E-state index contributed by atoms with van der Waals surface area (Å²) in [5, 5.41) is 6.24. The highest BCUT2D eigenvalue weighted by atomic mass is 32.1. The van der Waals surface area contributed by atoms with Crippen molar-refractivity contribution in [2.45, 2.75) is 33.1 Å². The number of unbranched alkanes of at least 4 members (excludes halogenated alkanes) is 2. The smallest absolute Gasteiger partial charge is 0.257 e. The Labute approximate surface area is 151 Å². The minimum absolute atomic E-state index is 0.127. The highest BCUT2D eigenvalue weighted by Crippen LogP contribution is 2.19. The number of nitrogens with one attached hydrogen (secondary N) is 2. The molecule has 7 heteroatoms. The van der Waals surface area contributed by atoms with Gasteiger partial charge in [0.25, 0.3) is 11.8 Å². The van der Waals surface area contributed by atoms with Crippen molar-refractivity contribution in [3.8, 4) is 0 Å². The molecule has 134 valence electrons. The molecule has 2 aromatic rings. The van der Waals surface area contributed by atoms with Crippen LogP contribution in [0.15, 0.2) is 24.4 Å². The Morgan fingerprint density at radius 1 is 1.16 bits per heavy atom. The fraction of sp³-hybridized carbons (Fsp3) is 0.389. The van der Waals surface area contributed by atoms with Gasteiger partial charge in [-0.3, -0.25) is 14.9 Å². The van der Waals surface area contributed by atoms with Crippen molar-refractivity contribution in [3.05, 3.63) is 46.0 Å². The van der Waals surface area contributed by atoms with Gasteiger partial charge in [-0.25, -0.2) is 4.98 Å². The largest absolute Gasteiger partial charge is 0.352 e. The van der Waals surface area contributed by atoms with Gasteiger partial charge in [-0.2, -0.15) is 0 Å². The third kappa shape index (κ3) is 5.65. The number of nitrogens with zero attached hydrogens (tertiary/aromatic N) is 1. The molecular weight excluding hydrogens is 336 g/mol. The van der Waals surface area contributed by atoms with Crippen LogP contribution < -0.4 is 16.4 Å². The van der Waals surface area contributed by atoms with E-state index in [1.54, 1.807) is 24.4 Å². The SMILES string of the molecule is Cc1cnc(NC(=O)c2ccc(C(=O)NCCCCCN)cc2C)s1. The van der Waals surface area contributed by atoms with E-state index in [-0.39, 0.29) is 11.8 Å². The zero-order chi connectivity index (χ0) is 18.2. The number of carbonyl (C=O) groups is 2. The number of carbonyl (C=O) groups excluding carboxylic acids is 2. The molecule has 0 bridgehead atoms. The first-order valence-corrected chi connectivity index (χ1v) is 9.15. The second kappa shape index (κ2) is 9.29. The molecule has 2 amide bonds. The van der Waals surface area contributed by atoms with Crippen molar-refractivity contribution in [2.24, 2.45) is 5.73 Å². The van der Waals surface area contributed by atoms with Crippen molar-refractivity contribution in [3.63, 3.8) is 0 Å². The highest BCUT2D eigenvalue weighted by molar-refractivity contribution is 7.15. The molecule has 0 aliphatic carbocycles. The lowest BCUT2D eigenvalue weighted by Crippen LogP contribution is -2.25. The van der Waals surface area contributed by atoms with Crippen LogP contribution in [0.4, 0.5) is 5.13 Å². The number of hydrogen-bond acceptors (Lipinski definition) is 5. The van der Waals surface area contributed by atoms with Crippen LogP contribution in [-0.2, 0) is 0 Å². The molecule has 2 rings (SSSR count). The van der Waals surface area contributed by atoms with Gasteiger partial charge < -0.3 is 11.1 Å². The van der Waals surface area contributed by atoms with E-state index in [2.05, 4.69) is 15.6 Å².